The predicted molar refractivity (Wildman–Crippen MR) is 113 cm³/mol. The first-order chi connectivity index (χ1) is 14.4. The minimum atomic E-state index is -3.34. The highest BCUT2D eigenvalue weighted by Crippen LogP contribution is 2.26. The molecule has 0 spiro atoms. The minimum Gasteiger partial charge on any atom is -0.342 e. The molecule has 2 aromatic rings. The normalized spacial score (nSPS) is 19.6. The molecule has 160 valence electrons. The van der Waals surface area contributed by atoms with Crippen molar-refractivity contribution in [3.05, 3.63) is 63.3 Å². The molecule has 4 rings (SSSR count). The fraction of sp³-hybridized carbons (Fsp3) is 0.476. The molecule has 1 saturated heterocycles. The van der Waals surface area contributed by atoms with E-state index in [9.17, 15) is 18.0 Å². The van der Waals surface area contributed by atoms with Crippen molar-refractivity contribution in [3.8, 4) is 0 Å². The first kappa shape index (κ1) is 20.7. The molecule has 0 unspecified atom stereocenters. The Labute approximate surface area is 176 Å². The fourth-order valence-electron chi connectivity index (χ4n) is 4.13. The lowest BCUT2D eigenvalue weighted by Crippen LogP contribution is -2.40. The Bertz CT molecular complexity index is 1100. The molecular weight excluding hydrogens is 404 g/mol. The number of nitrogens with one attached hydrogen (secondary N) is 1. The Kier molecular flexibility index (Phi) is 5.75. The summed E-state index contributed by atoms with van der Waals surface area (Å²) >= 11 is 0. The number of aromatic amines is 1. The van der Waals surface area contributed by atoms with Gasteiger partial charge >= 0.3 is 0 Å². The van der Waals surface area contributed by atoms with Gasteiger partial charge in [-0.2, -0.15) is 4.31 Å². The summed E-state index contributed by atoms with van der Waals surface area (Å²) < 4.78 is 25.6. The van der Waals surface area contributed by atoms with Crippen LogP contribution in [0, 0.1) is 0 Å². The number of carbonyl (C=O) groups is 1. The lowest BCUT2D eigenvalue weighted by Gasteiger charge is -2.27. The summed E-state index contributed by atoms with van der Waals surface area (Å²) in [5.41, 5.74) is 1.81. The summed E-state index contributed by atoms with van der Waals surface area (Å²) in [4.78, 5) is 34.6. The third-order valence-corrected chi connectivity index (χ3v) is 7.76. The number of rotatable bonds is 5. The molecular formula is C21H26N4O4S. The average molecular weight is 431 g/mol. The summed E-state index contributed by atoms with van der Waals surface area (Å²) in [5, 5.41) is 0. The lowest BCUT2D eigenvalue weighted by molar-refractivity contribution is -0.129. The van der Waals surface area contributed by atoms with Gasteiger partial charge in [-0.25, -0.2) is 13.4 Å². The van der Waals surface area contributed by atoms with Gasteiger partial charge in [-0.05, 0) is 18.9 Å². The van der Waals surface area contributed by atoms with Crippen molar-refractivity contribution in [2.75, 3.05) is 25.4 Å². The van der Waals surface area contributed by atoms with Crippen LogP contribution in [0.2, 0.25) is 0 Å². The quantitative estimate of drug-likeness (QED) is 0.763. The molecule has 1 N–H and O–H groups in total. The van der Waals surface area contributed by atoms with E-state index in [1.807, 2.05) is 35.2 Å². The zero-order chi connectivity index (χ0) is 21.3. The smallest absolute Gasteiger partial charge is 0.255 e. The largest absolute Gasteiger partial charge is 0.342 e. The number of benzene rings is 1. The SMILES string of the molecule is CCS(=O)(=O)N1CCc2nc([C@@H]3CCN(C(=O)Cc4ccccc4)C3)[nH]c(=O)c2C1. The zero-order valence-electron chi connectivity index (χ0n) is 17.0. The molecule has 0 saturated carbocycles. The minimum absolute atomic E-state index is 0.0138. The van der Waals surface area contributed by atoms with Gasteiger partial charge in [-0.1, -0.05) is 30.3 Å². The lowest BCUT2D eigenvalue weighted by atomic mass is 10.1. The van der Waals surface area contributed by atoms with Gasteiger partial charge in [-0.3, -0.25) is 9.59 Å². The second-order valence-corrected chi connectivity index (χ2v) is 10.1. The van der Waals surface area contributed by atoms with E-state index in [-0.39, 0.29) is 29.7 Å². The van der Waals surface area contributed by atoms with Crippen molar-refractivity contribution in [2.45, 2.75) is 38.6 Å². The van der Waals surface area contributed by atoms with Crippen molar-refractivity contribution < 1.29 is 13.2 Å². The number of fused-ring (bicyclic) bond motifs is 1. The summed E-state index contributed by atoms with van der Waals surface area (Å²) in [7, 11) is -3.34. The molecule has 8 nitrogen and oxygen atoms in total. The van der Waals surface area contributed by atoms with Crippen LogP contribution in [-0.2, 0) is 34.2 Å². The van der Waals surface area contributed by atoms with E-state index < -0.39 is 10.0 Å². The van der Waals surface area contributed by atoms with E-state index in [2.05, 4.69) is 9.97 Å². The molecule has 1 fully saturated rings. The number of sulfonamides is 1. The molecule has 0 radical (unpaired) electrons. The van der Waals surface area contributed by atoms with E-state index in [1.54, 1.807) is 6.92 Å². The first-order valence-electron chi connectivity index (χ1n) is 10.3. The van der Waals surface area contributed by atoms with Crippen LogP contribution in [-0.4, -0.2) is 58.9 Å². The van der Waals surface area contributed by atoms with Crippen molar-refractivity contribution in [1.29, 1.82) is 0 Å². The molecule has 2 aliphatic heterocycles. The number of likely N-dealkylation sites (tertiary alicyclic amines) is 1. The molecule has 0 aliphatic carbocycles. The van der Waals surface area contributed by atoms with Crippen molar-refractivity contribution in [1.82, 2.24) is 19.2 Å². The Morgan fingerprint density at radius 2 is 2.00 bits per heavy atom. The topological polar surface area (TPSA) is 103 Å². The molecule has 2 aliphatic rings. The number of amides is 1. The molecule has 1 amide bonds. The monoisotopic (exact) mass is 430 g/mol. The highest BCUT2D eigenvalue weighted by molar-refractivity contribution is 7.89. The van der Waals surface area contributed by atoms with Gasteiger partial charge in [0.25, 0.3) is 5.56 Å². The van der Waals surface area contributed by atoms with E-state index in [0.29, 0.717) is 49.6 Å². The van der Waals surface area contributed by atoms with Crippen molar-refractivity contribution in [2.24, 2.45) is 0 Å². The Balaban J connectivity index is 1.47. The maximum atomic E-state index is 12.7. The number of aromatic nitrogens is 2. The van der Waals surface area contributed by atoms with E-state index in [1.165, 1.54) is 4.31 Å². The number of carbonyl (C=O) groups excluding carboxylic acids is 1. The van der Waals surface area contributed by atoms with Crippen LogP contribution in [0.25, 0.3) is 0 Å². The van der Waals surface area contributed by atoms with E-state index in [4.69, 9.17) is 0 Å². The van der Waals surface area contributed by atoms with Crippen molar-refractivity contribution in [3.63, 3.8) is 0 Å². The van der Waals surface area contributed by atoms with Crippen LogP contribution in [0.1, 0.15) is 41.9 Å². The van der Waals surface area contributed by atoms with Crippen LogP contribution in [0.15, 0.2) is 35.1 Å². The molecule has 0 bridgehead atoms. The Morgan fingerprint density at radius 3 is 2.73 bits per heavy atom. The maximum absolute atomic E-state index is 12.7. The van der Waals surface area contributed by atoms with Gasteiger partial charge < -0.3 is 9.88 Å². The van der Waals surface area contributed by atoms with Crippen LogP contribution in [0.3, 0.4) is 0 Å². The fourth-order valence-corrected chi connectivity index (χ4v) is 5.19. The summed E-state index contributed by atoms with van der Waals surface area (Å²) in [6.07, 6.45) is 1.54. The molecule has 9 heteroatoms. The molecule has 3 heterocycles. The summed E-state index contributed by atoms with van der Waals surface area (Å²) in [5.74, 6) is 0.672. The van der Waals surface area contributed by atoms with E-state index >= 15 is 0 Å². The number of H-pyrrole nitrogens is 1. The molecule has 1 aromatic heterocycles. The second kappa shape index (κ2) is 8.31. The molecule has 30 heavy (non-hydrogen) atoms. The van der Waals surface area contributed by atoms with Gasteiger partial charge in [-0.15, -0.1) is 0 Å². The van der Waals surface area contributed by atoms with Crippen LogP contribution in [0.4, 0.5) is 0 Å². The second-order valence-electron chi connectivity index (χ2n) is 7.85. The first-order valence-corrected chi connectivity index (χ1v) is 11.9. The summed E-state index contributed by atoms with van der Waals surface area (Å²) in [6.45, 7) is 3.18. The average Bonchev–Trinajstić information content (AvgIpc) is 3.25. The number of hydrogen-bond acceptors (Lipinski definition) is 5. The Hall–Kier alpha value is -2.52. The Morgan fingerprint density at radius 1 is 1.23 bits per heavy atom. The van der Waals surface area contributed by atoms with Crippen LogP contribution in [0.5, 0.6) is 0 Å². The standard InChI is InChI=1S/C21H26N4O4S/c1-2-30(28,29)25-11-9-18-17(14-25)21(27)23-20(22-18)16-8-10-24(13-16)19(26)12-15-6-4-3-5-7-15/h3-7,16H,2,8-14H2,1H3,(H,22,23,27)/t16-/m1/s1. The third-order valence-electron chi connectivity index (χ3n) is 5.94. The van der Waals surface area contributed by atoms with E-state index in [0.717, 1.165) is 12.0 Å². The van der Waals surface area contributed by atoms with Gasteiger partial charge in [0.1, 0.15) is 5.82 Å². The van der Waals surface area contributed by atoms with Gasteiger partial charge in [0.15, 0.2) is 0 Å². The zero-order valence-corrected chi connectivity index (χ0v) is 17.8. The van der Waals surface area contributed by atoms with Crippen molar-refractivity contribution >= 4 is 15.9 Å². The molecule has 1 aromatic carbocycles. The maximum Gasteiger partial charge on any atom is 0.255 e. The van der Waals surface area contributed by atoms with Gasteiger partial charge in [0.05, 0.1) is 23.4 Å². The highest BCUT2D eigenvalue weighted by atomic mass is 32.2. The highest BCUT2D eigenvalue weighted by Gasteiger charge is 2.32. The van der Waals surface area contributed by atoms with Gasteiger partial charge in [0, 0.05) is 38.5 Å². The number of hydrogen-bond donors (Lipinski definition) is 1. The number of nitrogens with zero attached hydrogens (tertiary/aromatic N) is 3. The third kappa shape index (κ3) is 4.17. The summed E-state index contributed by atoms with van der Waals surface area (Å²) in [6, 6.07) is 9.65. The van der Waals surface area contributed by atoms with Crippen LogP contribution < -0.4 is 5.56 Å². The van der Waals surface area contributed by atoms with Crippen LogP contribution >= 0.6 is 0 Å². The predicted octanol–water partition coefficient (Wildman–Crippen LogP) is 1.04. The molecule has 1 atom stereocenters. The van der Waals surface area contributed by atoms with Gasteiger partial charge in [0.2, 0.25) is 15.9 Å².